The van der Waals surface area contributed by atoms with E-state index < -0.39 is 41.6 Å². The lowest BCUT2D eigenvalue weighted by Crippen LogP contribution is -2.30. The molecule has 0 aliphatic rings. The molecule has 0 aromatic heterocycles. The highest BCUT2D eigenvalue weighted by Crippen LogP contribution is 2.23. The number of aliphatic hydroxyl groups is 2. The molecule has 0 heterocycles. The summed E-state index contributed by atoms with van der Waals surface area (Å²) in [7, 11) is 0. The van der Waals surface area contributed by atoms with Crippen molar-refractivity contribution in [1.29, 1.82) is 0 Å². The van der Waals surface area contributed by atoms with Crippen LogP contribution < -0.4 is 0 Å². The van der Waals surface area contributed by atoms with Gasteiger partial charge in [-0.1, -0.05) is 0 Å². The van der Waals surface area contributed by atoms with Crippen LogP contribution in [0.15, 0.2) is 0 Å². The van der Waals surface area contributed by atoms with Crippen molar-refractivity contribution in [2.75, 3.05) is 6.61 Å². The highest BCUT2D eigenvalue weighted by atomic mass is 32.2. The number of carbonyl (C=O) groups is 2. The SMILES string of the molecule is CC(O)C(CO)SC(CC(=O)O)C(=O)O. The summed E-state index contributed by atoms with van der Waals surface area (Å²) >= 11 is 0.754. The Morgan fingerprint density at radius 3 is 2.13 bits per heavy atom. The van der Waals surface area contributed by atoms with E-state index in [2.05, 4.69) is 0 Å². The molecular formula is C8H14O6S. The number of thioether (sulfide) groups is 1. The Morgan fingerprint density at radius 2 is 1.87 bits per heavy atom. The van der Waals surface area contributed by atoms with Gasteiger partial charge >= 0.3 is 11.9 Å². The van der Waals surface area contributed by atoms with Gasteiger partial charge in [-0.3, -0.25) is 9.59 Å². The first-order valence-electron chi connectivity index (χ1n) is 4.27. The molecule has 0 spiro atoms. The van der Waals surface area contributed by atoms with E-state index in [1.54, 1.807) is 0 Å². The van der Waals surface area contributed by atoms with Crippen molar-refractivity contribution in [1.82, 2.24) is 0 Å². The van der Waals surface area contributed by atoms with Crippen LogP contribution in [0.2, 0.25) is 0 Å². The molecule has 0 saturated heterocycles. The lowest BCUT2D eigenvalue weighted by Gasteiger charge is -2.20. The average molecular weight is 238 g/mol. The highest BCUT2D eigenvalue weighted by molar-refractivity contribution is 8.01. The zero-order chi connectivity index (χ0) is 12.0. The topological polar surface area (TPSA) is 115 Å². The van der Waals surface area contributed by atoms with Gasteiger partial charge in [0, 0.05) is 0 Å². The summed E-state index contributed by atoms with van der Waals surface area (Å²) < 4.78 is 0. The number of aliphatic hydroxyl groups excluding tert-OH is 2. The van der Waals surface area contributed by atoms with Crippen LogP contribution in [0.25, 0.3) is 0 Å². The lowest BCUT2D eigenvalue weighted by atomic mass is 10.3. The third-order valence-electron chi connectivity index (χ3n) is 1.69. The molecule has 0 saturated carbocycles. The molecule has 0 rings (SSSR count). The Morgan fingerprint density at radius 1 is 1.33 bits per heavy atom. The number of aliphatic carboxylic acids is 2. The maximum atomic E-state index is 10.7. The molecule has 4 N–H and O–H groups in total. The maximum Gasteiger partial charge on any atom is 0.317 e. The Hall–Kier alpha value is -0.790. The largest absolute Gasteiger partial charge is 0.481 e. The van der Waals surface area contributed by atoms with Gasteiger partial charge in [-0.05, 0) is 6.92 Å². The van der Waals surface area contributed by atoms with Crippen molar-refractivity contribution in [2.24, 2.45) is 0 Å². The van der Waals surface area contributed by atoms with Crippen molar-refractivity contribution in [2.45, 2.75) is 29.9 Å². The van der Waals surface area contributed by atoms with Gasteiger partial charge in [0.05, 0.1) is 24.4 Å². The Bertz CT molecular complexity index is 229. The highest BCUT2D eigenvalue weighted by Gasteiger charge is 2.27. The van der Waals surface area contributed by atoms with E-state index >= 15 is 0 Å². The van der Waals surface area contributed by atoms with Crippen molar-refractivity contribution >= 4 is 23.7 Å². The monoisotopic (exact) mass is 238 g/mol. The van der Waals surface area contributed by atoms with E-state index in [0.717, 1.165) is 11.8 Å². The van der Waals surface area contributed by atoms with E-state index in [0.29, 0.717) is 0 Å². The number of carboxylic acid groups (broad SMARTS) is 2. The molecule has 0 aliphatic carbocycles. The molecule has 15 heavy (non-hydrogen) atoms. The van der Waals surface area contributed by atoms with Crippen LogP contribution >= 0.6 is 11.8 Å². The fraction of sp³-hybridized carbons (Fsp3) is 0.750. The summed E-state index contributed by atoms with van der Waals surface area (Å²) in [6.45, 7) is 1.01. The van der Waals surface area contributed by atoms with Crippen molar-refractivity contribution in [3.63, 3.8) is 0 Å². The first-order valence-corrected chi connectivity index (χ1v) is 5.21. The van der Waals surface area contributed by atoms with Crippen molar-refractivity contribution in [3.8, 4) is 0 Å². The molecular weight excluding hydrogens is 224 g/mol. The molecule has 7 heteroatoms. The summed E-state index contributed by atoms with van der Waals surface area (Å²) in [5.74, 6) is -2.49. The molecule has 0 radical (unpaired) electrons. The third-order valence-corrected chi connectivity index (χ3v) is 3.28. The molecule has 3 atom stereocenters. The molecule has 6 nitrogen and oxygen atoms in total. The van der Waals surface area contributed by atoms with Gasteiger partial charge in [0.1, 0.15) is 5.25 Å². The molecule has 3 unspecified atom stereocenters. The molecule has 0 aliphatic heterocycles. The predicted molar refractivity (Wildman–Crippen MR) is 53.8 cm³/mol. The molecule has 0 aromatic rings. The summed E-state index contributed by atoms with van der Waals surface area (Å²) in [5, 5.41) is 33.3. The Kier molecular flexibility index (Phi) is 6.30. The number of hydrogen-bond acceptors (Lipinski definition) is 5. The first kappa shape index (κ1) is 14.2. The Balaban J connectivity index is 4.38. The number of hydrogen-bond donors (Lipinski definition) is 4. The maximum absolute atomic E-state index is 10.7. The minimum absolute atomic E-state index is 0.397. The minimum Gasteiger partial charge on any atom is -0.481 e. The molecule has 88 valence electrons. The van der Waals surface area contributed by atoms with Gasteiger partial charge in [-0.15, -0.1) is 11.8 Å². The second kappa shape index (κ2) is 6.65. The van der Waals surface area contributed by atoms with Gasteiger partial charge in [-0.25, -0.2) is 0 Å². The second-order valence-corrected chi connectivity index (χ2v) is 4.47. The van der Waals surface area contributed by atoms with E-state index in [9.17, 15) is 9.59 Å². The van der Waals surface area contributed by atoms with Gasteiger partial charge in [0.15, 0.2) is 0 Å². The Labute approximate surface area is 90.9 Å². The predicted octanol–water partition coefficient (Wildman–Crippen LogP) is -0.611. The van der Waals surface area contributed by atoms with Crippen LogP contribution in [0.1, 0.15) is 13.3 Å². The van der Waals surface area contributed by atoms with Crippen LogP contribution in [0.3, 0.4) is 0 Å². The van der Waals surface area contributed by atoms with Crippen LogP contribution in [-0.2, 0) is 9.59 Å². The summed E-state index contributed by atoms with van der Waals surface area (Å²) in [4.78, 5) is 21.0. The number of rotatable bonds is 7. The molecule has 0 fully saturated rings. The van der Waals surface area contributed by atoms with E-state index in [1.807, 2.05) is 0 Å². The summed E-state index contributed by atoms with van der Waals surface area (Å²) in [6, 6.07) is 0. The summed E-state index contributed by atoms with van der Waals surface area (Å²) in [5.41, 5.74) is 0. The van der Waals surface area contributed by atoms with Crippen LogP contribution in [-0.4, -0.2) is 55.6 Å². The van der Waals surface area contributed by atoms with E-state index in [-0.39, 0.29) is 0 Å². The first-order chi connectivity index (χ1) is 6.88. The van der Waals surface area contributed by atoms with E-state index in [1.165, 1.54) is 6.92 Å². The van der Waals surface area contributed by atoms with Crippen molar-refractivity contribution in [3.05, 3.63) is 0 Å². The minimum atomic E-state index is -1.26. The van der Waals surface area contributed by atoms with Crippen LogP contribution in [0.5, 0.6) is 0 Å². The van der Waals surface area contributed by atoms with Gasteiger partial charge in [0.25, 0.3) is 0 Å². The van der Waals surface area contributed by atoms with Gasteiger partial charge in [0.2, 0.25) is 0 Å². The normalized spacial score (nSPS) is 16.7. The lowest BCUT2D eigenvalue weighted by molar-refractivity contribution is -0.142. The summed E-state index contributed by atoms with van der Waals surface area (Å²) in [6.07, 6.45) is -1.43. The quantitative estimate of drug-likeness (QED) is 0.467. The third kappa shape index (κ3) is 5.60. The smallest absolute Gasteiger partial charge is 0.317 e. The zero-order valence-corrected chi connectivity index (χ0v) is 8.98. The average Bonchev–Trinajstić information content (AvgIpc) is 2.10. The molecule has 0 amide bonds. The fourth-order valence-electron chi connectivity index (χ4n) is 0.873. The van der Waals surface area contributed by atoms with Crippen LogP contribution in [0.4, 0.5) is 0 Å². The zero-order valence-electron chi connectivity index (χ0n) is 8.16. The van der Waals surface area contributed by atoms with Gasteiger partial charge in [-0.2, -0.15) is 0 Å². The fourth-order valence-corrected chi connectivity index (χ4v) is 1.96. The molecule has 0 aromatic carbocycles. The van der Waals surface area contributed by atoms with Crippen molar-refractivity contribution < 1.29 is 30.0 Å². The second-order valence-electron chi connectivity index (χ2n) is 3.02. The molecule has 0 bridgehead atoms. The van der Waals surface area contributed by atoms with Crippen LogP contribution in [0, 0.1) is 0 Å². The number of carboxylic acids is 2. The van der Waals surface area contributed by atoms with Gasteiger partial charge < -0.3 is 20.4 Å². The standard InChI is InChI=1S/C8H14O6S/c1-4(10)6(3-9)15-5(8(13)14)2-7(11)12/h4-6,9-10H,2-3H2,1H3,(H,11,12)(H,13,14). The van der Waals surface area contributed by atoms with E-state index in [4.69, 9.17) is 20.4 Å².